The van der Waals surface area contributed by atoms with E-state index >= 15 is 0 Å². The minimum atomic E-state index is -0.330. The third kappa shape index (κ3) is 5.70. The zero-order valence-corrected chi connectivity index (χ0v) is 18.8. The quantitative estimate of drug-likeness (QED) is 0.522. The van der Waals surface area contributed by atoms with Crippen LogP contribution >= 0.6 is 0 Å². The summed E-state index contributed by atoms with van der Waals surface area (Å²) in [6.07, 6.45) is 2.86. The molecule has 2 aromatic carbocycles. The molecule has 2 heterocycles. The number of amides is 1. The number of hydrogen-bond donors (Lipinski definition) is 1. The molecule has 0 saturated carbocycles. The Morgan fingerprint density at radius 2 is 1.91 bits per heavy atom. The van der Waals surface area contributed by atoms with Crippen molar-refractivity contribution >= 4 is 5.91 Å². The first-order valence-electron chi connectivity index (χ1n) is 11.1. The molecule has 4 rings (SSSR count). The molecular formula is C25H28FN3O4. The Hall–Kier alpha value is -3.39. The van der Waals surface area contributed by atoms with Crippen molar-refractivity contribution in [3.63, 3.8) is 0 Å². The standard InChI is InChI=1S/C25H28FN3O4/c1-17-23(13-14-24(30)27-16-22-4-3-15-32-22)25(33-21-11-9-20(31-2)10-12-21)29(28-17)19-7-5-18(26)6-8-19/h5-12,22H,3-4,13-16H2,1-2H3,(H,27,30)/t22-/m1/s1. The van der Waals surface area contributed by atoms with Gasteiger partial charge in [0.05, 0.1) is 24.6 Å². The van der Waals surface area contributed by atoms with E-state index in [9.17, 15) is 9.18 Å². The first kappa shape index (κ1) is 22.8. The molecule has 7 nitrogen and oxygen atoms in total. The lowest BCUT2D eigenvalue weighted by molar-refractivity contribution is -0.121. The molecule has 1 atom stereocenters. The van der Waals surface area contributed by atoms with Gasteiger partial charge in [-0.25, -0.2) is 9.07 Å². The van der Waals surface area contributed by atoms with E-state index in [4.69, 9.17) is 14.2 Å². The highest BCUT2D eigenvalue weighted by Crippen LogP contribution is 2.32. The molecule has 1 aliphatic rings. The summed E-state index contributed by atoms with van der Waals surface area (Å²) in [6, 6.07) is 13.2. The molecule has 8 heteroatoms. The van der Waals surface area contributed by atoms with Crippen LogP contribution in [0.5, 0.6) is 17.4 Å². The van der Waals surface area contributed by atoms with Gasteiger partial charge in [0, 0.05) is 25.1 Å². The molecule has 33 heavy (non-hydrogen) atoms. The zero-order chi connectivity index (χ0) is 23.2. The molecule has 1 saturated heterocycles. The number of benzene rings is 2. The number of nitrogens with one attached hydrogen (secondary N) is 1. The molecule has 174 valence electrons. The largest absolute Gasteiger partial charge is 0.497 e. The van der Waals surface area contributed by atoms with Crippen molar-refractivity contribution in [2.75, 3.05) is 20.3 Å². The summed E-state index contributed by atoms with van der Waals surface area (Å²) in [4.78, 5) is 12.4. The molecule has 1 aromatic heterocycles. The van der Waals surface area contributed by atoms with E-state index in [0.29, 0.717) is 42.5 Å². The van der Waals surface area contributed by atoms with E-state index < -0.39 is 0 Å². The minimum Gasteiger partial charge on any atom is -0.497 e. The third-order valence-electron chi connectivity index (χ3n) is 5.64. The smallest absolute Gasteiger partial charge is 0.226 e. The fraction of sp³-hybridized carbons (Fsp3) is 0.360. The minimum absolute atomic E-state index is 0.0465. The summed E-state index contributed by atoms with van der Waals surface area (Å²) in [6.45, 7) is 3.16. The summed E-state index contributed by atoms with van der Waals surface area (Å²) >= 11 is 0. The van der Waals surface area contributed by atoms with Crippen LogP contribution < -0.4 is 14.8 Å². The van der Waals surface area contributed by atoms with Gasteiger partial charge in [0.25, 0.3) is 0 Å². The molecule has 1 aliphatic heterocycles. The van der Waals surface area contributed by atoms with Crippen LogP contribution in [0.25, 0.3) is 5.69 Å². The Bertz CT molecular complexity index is 1070. The molecule has 0 aliphatic carbocycles. The van der Waals surface area contributed by atoms with E-state index in [-0.39, 0.29) is 17.8 Å². The molecule has 0 bridgehead atoms. The lowest BCUT2D eigenvalue weighted by atomic mass is 10.1. The van der Waals surface area contributed by atoms with Crippen LogP contribution in [0.1, 0.15) is 30.5 Å². The molecule has 1 N–H and O–H groups in total. The number of nitrogens with zero attached hydrogens (tertiary/aromatic N) is 2. The van der Waals surface area contributed by atoms with Crippen LogP contribution in [0.2, 0.25) is 0 Å². The predicted molar refractivity (Wildman–Crippen MR) is 122 cm³/mol. The van der Waals surface area contributed by atoms with Crippen LogP contribution in [0.4, 0.5) is 4.39 Å². The third-order valence-corrected chi connectivity index (χ3v) is 5.64. The Balaban J connectivity index is 1.55. The molecule has 0 radical (unpaired) electrons. The summed E-state index contributed by atoms with van der Waals surface area (Å²) in [5.74, 6) is 1.44. The van der Waals surface area contributed by atoms with Crippen molar-refractivity contribution in [2.45, 2.75) is 38.7 Å². The van der Waals surface area contributed by atoms with Crippen molar-refractivity contribution in [3.8, 4) is 23.1 Å². The van der Waals surface area contributed by atoms with Gasteiger partial charge in [-0.15, -0.1) is 0 Å². The number of carbonyl (C=O) groups excluding carboxylic acids is 1. The van der Waals surface area contributed by atoms with Gasteiger partial charge >= 0.3 is 0 Å². The maximum Gasteiger partial charge on any atom is 0.226 e. The lowest BCUT2D eigenvalue weighted by Gasteiger charge is -2.13. The average molecular weight is 454 g/mol. The molecule has 1 fully saturated rings. The SMILES string of the molecule is COc1ccc(Oc2c(CCC(=O)NC[C@H]3CCCO3)c(C)nn2-c2ccc(F)cc2)cc1. The number of carbonyl (C=O) groups is 1. The van der Waals surface area contributed by atoms with Crippen molar-refractivity contribution in [3.05, 3.63) is 65.6 Å². The number of aryl methyl sites for hydroxylation is 1. The van der Waals surface area contributed by atoms with E-state index in [1.54, 1.807) is 48.2 Å². The normalized spacial score (nSPS) is 15.4. The Labute approximate surface area is 192 Å². The van der Waals surface area contributed by atoms with Gasteiger partial charge in [0.1, 0.15) is 17.3 Å². The number of hydrogen-bond acceptors (Lipinski definition) is 5. The second kappa shape index (κ2) is 10.5. The topological polar surface area (TPSA) is 74.6 Å². The average Bonchev–Trinajstić information content (AvgIpc) is 3.45. The van der Waals surface area contributed by atoms with Crippen LogP contribution in [0.15, 0.2) is 48.5 Å². The molecule has 3 aromatic rings. The van der Waals surface area contributed by atoms with Crippen LogP contribution in [-0.4, -0.2) is 42.1 Å². The first-order valence-corrected chi connectivity index (χ1v) is 11.1. The molecule has 1 amide bonds. The van der Waals surface area contributed by atoms with Gasteiger partial charge in [-0.1, -0.05) is 0 Å². The second-order valence-electron chi connectivity index (χ2n) is 7.97. The molecule has 0 spiro atoms. The lowest BCUT2D eigenvalue weighted by Crippen LogP contribution is -2.31. The first-order chi connectivity index (χ1) is 16.0. The summed E-state index contributed by atoms with van der Waals surface area (Å²) in [7, 11) is 1.60. The second-order valence-corrected chi connectivity index (χ2v) is 7.97. The van der Waals surface area contributed by atoms with Gasteiger partial charge in [0.2, 0.25) is 11.8 Å². The predicted octanol–water partition coefficient (Wildman–Crippen LogP) is 4.35. The van der Waals surface area contributed by atoms with Crippen molar-refractivity contribution in [1.82, 2.24) is 15.1 Å². The molecular weight excluding hydrogens is 425 g/mol. The summed E-state index contributed by atoms with van der Waals surface area (Å²) in [5.41, 5.74) is 2.23. The van der Waals surface area contributed by atoms with Gasteiger partial charge in [-0.3, -0.25) is 4.79 Å². The van der Waals surface area contributed by atoms with Crippen LogP contribution in [0.3, 0.4) is 0 Å². The van der Waals surface area contributed by atoms with Gasteiger partial charge in [-0.2, -0.15) is 5.10 Å². The van der Waals surface area contributed by atoms with Gasteiger partial charge < -0.3 is 19.5 Å². The fourth-order valence-electron chi connectivity index (χ4n) is 3.80. The highest BCUT2D eigenvalue weighted by atomic mass is 19.1. The maximum atomic E-state index is 13.5. The number of aromatic nitrogens is 2. The highest BCUT2D eigenvalue weighted by Gasteiger charge is 2.21. The monoisotopic (exact) mass is 453 g/mol. The maximum absolute atomic E-state index is 13.5. The Kier molecular flexibility index (Phi) is 7.24. The van der Waals surface area contributed by atoms with E-state index in [1.165, 1.54) is 12.1 Å². The van der Waals surface area contributed by atoms with Gasteiger partial charge in [0.15, 0.2) is 0 Å². The highest BCUT2D eigenvalue weighted by molar-refractivity contribution is 5.76. The van der Waals surface area contributed by atoms with E-state index in [0.717, 1.165) is 30.7 Å². The number of halogens is 1. The van der Waals surface area contributed by atoms with Gasteiger partial charge in [-0.05, 0) is 74.7 Å². The Morgan fingerprint density at radius 1 is 1.18 bits per heavy atom. The van der Waals surface area contributed by atoms with E-state index in [1.807, 2.05) is 6.92 Å². The van der Waals surface area contributed by atoms with Crippen molar-refractivity contribution < 1.29 is 23.4 Å². The Morgan fingerprint density at radius 3 is 2.58 bits per heavy atom. The van der Waals surface area contributed by atoms with Crippen molar-refractivity contribution in [2.24, 2.45) is 0 Å². The van der Waals surface area contributed by atoms with Crippen LogP contribution in [-0.2, 0) is 16.0 Å². The van der Waals surface area contributed by atoms with Crippen LogP contribution in [0, 0.1) is 12.7 Å². The zero-order valence-electron chi connectivity index (χ0n) is 18.8. The summed E-state index contributed by atoms with van der Waals surface area (Å²) < 4.78 is 32.1. The number of rotatable bonds is 9. The van der Waals surface area contributed by atoms with Crippen molar-refractivity contribution in [1.29, 1.82) is 0 Å². The molecule has 0 unspecified atom stereocenters. The van der Waals surface area contributed by atoms with E-state index in [2.05, 4.69) is 10.4 Å². The number of methoxy groups -OCH3 is 1. The fourth-order valence-corrected chi connectivity index (χ4v) is 3.80. The number of ether oxygens (including phenoxy) is 3. The summed E-state index contributed by atoms with van der Waals surface area (Å²) in [5, 5.41) is 7.57.